The van der Waals surface area contributed by atoms with Crippen LogP contribution in [0, 0.1) is 3.57 Å². The Morgan fingerprint density at radius 1 is 1.27 bits per heavy atom. The van der Waals surface area contributed by atoms with Gasteiger partial charge in [0.25, 0.3) is 0 Å². The summed E-state index contributed by atoms with van der Waals surface area (Å²) >= 11 is 2.38. The van der Waals surface area contributed by atoms with E-state index in [2.05, 4.69) is 89.9 Å². The third-order valence-electron chi connectivity index (χ3n) is 4.83. The Bertz CT molecular complexity index is 465. The number of piperidine rings is 1. The second-order valence-corrected chi connectivity index (χ2v) is 8.47. The van der Waals surface area contributed by atoms with Gasteiger partial charge in [-0.15, -0.1) is 0 Å². The summed E-state index contributed by atoms with van der Waals surface area (Å²) in [5, 5.41) is 3.65. The van der Waals surface area contributed by atoms with E-state index in [0.29, 0.717) is 0 Å². The molecule has 1 saturated heterocycles. The van der Waals surface area contributed by atoms with Crippen molar-refractivity contribution in [3.8, 4) is 0 Å². The molecule has 2 rings (SSSR count). The van der Waals surface area contributed by atoms with E-state index < -0.39 is 0 Å². The molecule has 0 amide bonds. The van der Waals surface area contributed by atoms with Gasteiger partial charge in [0.05, 0.1) is 0 Å². The van der Waals surface area contributed by atoms with E-state index in [4.69, 9.17) is 0 Å². The van der Waals surface area contributed by atoms with Crippen molar-refractivity contribution >= 4 is 22.6 Å². The highest BCUT2D eigenvalue weighted by molar-refractivity contribution is 14.1. The minimum Gasteiger partial charge on any atom is -0.311 e. The molecule has 0 aromatic heterocycles. The first-order chi connectivity index (χ1) is 10.4. The lowest BCUT2D eigenvalue weighted by atomic mass is 9.95. The number of halogens is 1. The van der Waals surface area contributed by atoms with E-state index >= 15 is 0 Å². The van der Waals surface area contributed by atoms with Crippen LogP contribution in [0.5, 0.6) is 0 Å². The summed E-state index contributed by atoms with van der Waals surface area (Å²) in [6, 6.07) is 9.48. The Morgan fingerprint density at radius 2 is 1.95 bits per heavy atom. The molecule has 1 N–H and O–H groups in total. The SMILES string of the molecule is CN(C)C1CCN(C(C)(C)CNCc2cccc(I)c2)CC1. The molecule has 0 saturated carbocycles. The summed E-state index contributed by atoms with van der Waals surface area (Å²) in [6.07, 6.45) is 2.57. The van der Waals surface area contributed by atoms with E-state index in [1.54, 1.807) is 0 Å². The van der Waals surface area contributed by atoms with Crippen LogP contribution in [-0.4, -0.2) is 55.1 Å². The molecule has 0 atom stereocenters. The van der Waals surface area contributed by atoms with Crippen LogP contribution in [0.15, 0.2) is 24.3 Å². The van der Waals surface area contributed by atoms with E-state index in [1.165, 1.54) is 35.1 Å². The molecule has 1 aromatic rings. The van der Waals surface area contributed by atoms with Gasteiger partial charge < -0.3 is 10.2 Å². The normalized spacial score (nSPS) is 18.1. The van der Waals surface area contributed by atoms with Crippen LogP contribution in [0.4, 0.5) is 0 Å². The molecule has 1 aliphatic rings. The molecule has 1 fully saturated rings. The standard InChI is InChI=1S/C18H30IN3/c1-18(2,22-10-8-17(9-11-22)21(3)4)14-20-13-15-6-5-7-16(19)12-15/h5-7,12,17,20H,8-11,13-14H2,1-4H3. The molecule has 0 radical (unpaired) electrons. The highest BCUT2D eigenvalue weighted by Crippen LogP contribution is 2.22. The number of hydrogen-bond acceptors (Lipinski definition) is 3. The van der Waals surface area contributed by atoms with Crippen molar-refractivity contribution in [1.82, 2.24) is 15.1 Å². The van der Waals surface area contributed by atoms with Gasteiger partial charge in [0.15, 0.2) is 0 Å². The summed E-state index contributed by atoms with van der Waals surface area (Å²) in [7, 11) is 4.41. The molecule has 0 unspecified atom stereocenters. The summed E-state index contributed by atoms with van der Waals surface area (Å²) in [6.45, 7) is 9.14. The van der Waals surface area contributed by atoms with Crippen molar-refractivity contribution in [2.45, 2.75) is 44.8 Å². The van der Waals surface area contributed by atoms with Crippen LogP contribution in [0.3, 0.4) is 0 Å². The maximum Gasteiger partial charge on any atom is 0.0277 e. The summed E-state index contributed by atoms with van der Waals surface area (Å²) in [5.41, 5.74) is 1.59. The van der Waals surface area contributed by atoms with Crippen molar-refractivity contribution in [2.75, 3.05) is 33.7 Å². The van der Waals surface area contributed by atoms with E-state index in [1.807, 2.05) is 0 Å². The molecule has 1 aromatic carbocycles. The van der Waals surface area contributed by atoms with Crippen molar-refractivity contribution in [2.24, 2.45) is 0 Å². The first-order valence-electron chi connectivity index (χ1n) is 8.25. The molecule has 3 nitrogen and oxygen atoms in total. The first-order valence-corrected chi connectivity index (χ1v) is 9.33. The van der Waals surface area contributed by atoms with Gasteiger partial charge in [0.1, 0.15) is 0 Å². The third-order valence-corrected chi connectivity index (χ3v) is 5.50. The molecule has 4 heteroatoms. The van der Waals surface area contributed by atoms with Crippen molar-refractivity contribution in [1.29, 1.82) is 0 Å². The minimum absolute atomic E-state index is 0.221. The Balaban J connectivity index is 1.79. The molecule has 0 spiro atoms. The lowest BCUT2D eigenvalue weighted by Gasteiger charge is -2.44. The summed E-state index contributed by atoms with van der Waals surface area (Å²) < 4.78 is 1.31. The highest BCUT2D eigenvalue weighted by atomic mass is 127. The Morgan fingerprint density at radius 3 is 2.55 bits per heavy atom. The molecule has 1 aliphatic heterocycles. The van der Waals surface area contributed by atoms with Gasteiger partial charge in [-0.05, 0) is 81.1 Å². The fraction of sp³-hybridized carbons (Fsp3) is 0.667. The van der Waals surface area contributed by atoms with Crippen molar-refractivity contribution in [3.63, 3.8) is 0 Å². The second kappa shape index (κ2) is 8.08. The smallest absolute Gasteiger partial charge is 0.0277 e. The predicted octanol–water partition coefficient (Wildman–Crippen LogP) is 3.19. The van der Waals surface area contributed by atoms with Gasteiger partial charge in [0, 0.05) is 41.3 Å². The van der Waals surface area contributed by atoms with Crippen LogP contribution in [-0.2, 0) is 6.54 Å². The molecular formula is C18H30IN3. The Labute approximate surface area is 149 Å². The average molecular weight is 415 g/mol. The molecular weight excluding hydrogens is 385 g/mol. The molecule has 1 heterocycles. The van der Waals surface area contributed by atoms with Gasteiger partial charge in [-0.2, -0.15) is 0 Å². The molecule has 0 aliphatic carbocycles. The molecule has 124 valence electrons. The van der Waals surface area contributed by atoms with Crippen LogP contribution >= 0.6 is 22.6 Å². The number of nitrogens with one attached hydrogen (secondary N) is 1. The topological polar surface area (TPSA) is 18.5 Å². The largest absolute Gasteiger partial charge is 0.311 e. The summed E-state index contributed by atoms with van der Waals surface area (Å²) in [5.74, 6) is 0. The average Bonchev–Trinajstić information content (AvgIpc) is 2.47. The van der Waals surface area contributed by atoms with Gasteiger partial charge >= 0.3 is 0 Å². The van der Waals surface area contributed by atoms with Gasteiger partial charge in [-0.3, -0.25) is 4.90 Å². The zero-order valence-electron chi connectivity index (χ0n) is 14.4. The van der Waals surface area contributed by atoms with Crippen molar-refractivity contribution in [3.05, 3.63) is 33.4 Å². The first kappa shape index (κ1) is 18.2. The second-order valence-electron chi connectivity index (χ2n) is 7.23. The maximum atomic E-state index is 3.65. The Hall–Kier alpha value is -0.170. The van der Waals surface area contributed by atoms with Crippen LogP contribution in [0.25, 0.3) is 0 Å². The Kier molecular flexibility index (Phi) is 6.68. The zero-order valence-corrected chi connectivity index (χ0v) is 16.6. The number of nitrogens with zero attached hydrogens (tertiary/aromatic N) is 2. The predicted molar refractivity (Wildman–Crippen MR) is 103 cm³/mol. The minimum atomic E-state index is 0.221. The quantitative estimate of drug-likeness (QED) is 0.721. The summed E-state index contributed by atoms with van der Waals surface area (Å²) in [4.78, 5) is 5.02. The maximum absolute atomic E-state index is 3.65. The molecule has 22 heavy (non-hydrogen) atoms. The zero-order chi connectivity index (χ0) is 16.2. The van der Waals surface area contributed by atoms with Crippen LogP contribution < -0.4 is 5.32 Å². The van der Waals surface area contributed by atoms with Crippen LogP contribution in [0.2, 0.25) is 0 Å². The highest BCUT2D eigenvalue weighted by Gasteiger charge is 2.30. The lowest BCUT2D eigenvalue weighted by molar-refractivity contribution is 0.0616. The van der Waals surface area contributed by atoms with E-state index in [-0.39, 0.29) is 5.54 Å². The number of benzene rings is 1. The fourth-order valence-electron chi connectivity index (χ4n) is 3.26. The lowest BCUT2D eigenvalue weighted by Crippen LogP contribution is -2.55. The van der Waals surface area contributed by atoms with Gasteiger partial charge in [0.2, 0.25) is 0 Å². The van der Waals surface area contributed by atoms with Gasteiger partial charge in [-0.1, -0.05) is 12.1 Å². The van der Waals surface area contributed by atoms with Crippen LogP contribution in [0.1, 0.15) is 32.3 Å². The number of hydrogen-bond donors (Lipinski definition) is 1. The third kappa shape index (κ3) is 5.18. The monoisotopic (exact) mass is 415 g/mol. The number of rotatable bonds is 6. The fourth-order valence-corrected chi connectivity index (χ4v) is 3.87. The van der Waals surface area contributed by atoms with E-state index in [9.17, 15) is 0 Å². The van der Waals surface area contributed by atoms with E-state index in [0.717, 1.165) is 19.1 Å². The van der Waals surface area contributed by atoms with Gasteiger partial charge in [-0.25, -0.2) is 0 Å². The molecule has 0 bridgehead atoms. The number of likely N-dealkylation sites (tertiary alicyclic amines) is 1. The van der Waals surface area contributed by atoms with Crippen molar-refractivity contribution < 1.29 is 0 Å².